The van der Waals surface area contributed by atoms with E-state index in [2.05, 4.69) is 5.32 Å². The molecule has 1 unspecified atom stereocenters. The van der Waals surface area contributed by atoms with Crippen molar-refractivity contribution in [1.82, 2.24) is 0 Å². The van der Waals surface area contributed by atoms with Crippen LogP contribution in [-0.2, 0) is 9.59 Å². The first kappa shape index (κ1) is 16.3. The second-order valence-corrected chi connectivity index (χ2v) is 6.45. The molecule has 4 rings (SSSR count). The Morgan fingerprint density at radius 2 is 1.77 bits per heavy atom. The van der Waals surface area contributed by atoms with Gasteiger partial charge >= 0.3 is 0 Å². The van der Waals surface area contributed by atoms with Crippen molar-refractivity contribution in [3.05, 3.63) is 42.5 Å². The van der Waals surface area contributed by atoms with E-state index in [1.165, 1.54) is 4.90 Å². The highest BCUT2D eigenvalue weighted by atomic mass is 16.7. The van der Waals surface area contributed by atoms with Crippen LogP contribution in [-0.4, -0.2) is 38.7 Å². The summed E-state index contributed by atoms with van der Waals surface area (Å²) in [4.78, 5) is 28.4. The molecule has 2 aliphatic rings. The molecule has 1 N–H and O–H groups in total. The third-order valence-electron chi connectivity index (χ3n) is 4.48. The van der Waals surface area contributed by atoms with Gasteiger partial charge in [-0.05, 0) is 36.4 Å². The van der Waals surface area contributed by atoms with Crippen molar-refractivity contribution in [2.24, 2.45) is 0 Å². The van der Waals surface area contributed by atoms with E-state index >= 15 is 0 Å². The molecule has 1 saturated heterocycles. The van der Waals surface area contributed by atoms with E-state index in [-0.39, 0.29) is 25.0 Å². The number of nitrogens with one attached hydrogen (secondary N) is 1. The molecule has 1 atom stereocenters. The summed E-state index contributed by atoms with van der Waals surface area (Å²) in [5.74, 6) is 0.825. The van der Waals surface area contributed by atoms with Gasteiger partial charge in [0, 0.05) is 31.5 Å². The zero-order valence-corrected chi connectivity index (χ0v) is 14.6. The van der Waals surface area contributed by atoms with Gasteiger partial charge in [-0.2, -0.15) is 0 Å². The van der Waals surface area contributed by atoms with E-state index in [9.17, 15) is 9.59 Å². The van der Waals surface area contributed by atoms with Crippen molar-refractivity contribution in [2.45, 2.75) is 12.5 Å². The average Bonchev–Trinajstić information content (AvgIpc) is 3.19. The number of hydrogen-bond donors (Lipinski definition) is 1. The molecule has 2 aromatic rings. The first-order valence-electron chi connectivity index (χ1n) is 8.33. The van der Waals surface area contributed by atoms with Gasteiger partial charge < -0.3 is 19.7 Å². The minimum absolute atomic E-state index is 0.114. The second kappa shape index (κ2) is 6.25. The Kier molecular flexibility index (Phi) is 3.91. The molecule has 0 saturated carbocycles. The van der Waals surface area contributed by atoms with E-state index in [1.807, 2.05) is 31.1 Å². The highest BCUT2D eigenvalue weighted by Gasteiger charge is 2.39. The lowest BCUT2D eigenvalue weighted by molar-refractivity contribution is -0.121. The number of nitrogens with zero attached hydrogens (tertiary/aromatic N) is 2. The lowest BCUT2D eigenvalue weighted by Gasteiger charge is -2.18. The first-order chi connectivity index (χ1) is 12.5. The monoisotopic (exact) mass is 353 g/mol. The normalized spacial score (nSPS) is 18.4. The van der Waals surface area contributed by atoms with Gasteiger partial charge in [0.05, 0.1) is 12.1 Å². The van der Waals surface area contributed by atoms with Crippen molar-refractivity contribution in [1.29, 1.82) is 0 Å². The number of carbonyl (C=O) groups is 2. The van der Waals surface area contributed by atoms with Crippen molar-refractivity contribution in [3.8, 4) is 11.5 Å². The molecule has 2 heterocycles. The maximum absolute atomic E-state index is 12.7. The Hall–Kier alpha value is -3.22. The van der Waals surface area contributed by atoms with Gasteiger partial charge in [-0.25, -0.2) is 4.90 Å². The van der Waals surface area contributed by atoms with Gasteiger partial charge in [-0.3, -0.25) is 9.59 Å². The SMILES string of the molecule is CN(C)c1ccc(N2C(=O)CC(Nc3ccc4c(c3)OCO4)C2=O)cc1. The molecule has 0 aliphatic carbocycles. The standard InChI is InChI=1S/C19H19N3O4/c1-21(2)13-4-6-14(7-5-13)22-18(23)10-15(19(22)24)20-12-3-8-16-17(9-12)26-11-25-16/h3-9,15,20H,10-11H2,1-2H3. The summed E-state index contributed by atoms with van der Waals surface area (Å²) < 4.78 is 10.6. The number of ether oxygens (including phenoxy) is 2. The molecule has 2 aliphatic heterocycles. The predicted molar refractivity (Wildman–Crippen MR) is 97.9 cm³/mol. The molecule has 0 spiro atoms. The van der Waals surface area contributed by atoms with Crippen molar-refractivity contribution in [3.63, 3.8) is 0 Å². The Labute approximate surface area is 151 Å². The molecule has 7 heteroatoms. The van der Waals surface area contributed by atoms with Gasteiger partial charge in [0.25, 0.3) is 5.91 Å². The molecule has 0 bridgehead atoms. The van der Waals surface area contributed by atoms with Crippen LogP contribution < -0.4 is 24.6 Å². The highest BCUT2D eigenvalue weighted by molar-refractivity contribution is 6.23. The number of fused-ring (bicyclic) bond motifs is 1. The van der Waals surface area contributed by atoms with Gasteiger partial charge in [-0.15, -0.1) is 0 Å². The molecule has 2 aromatic carbocycles. The summed E-state index contributed by atoms with van der Waals surface area (Å²) in [5.41, 5.74) is 2.30. The van der Waals surface area contributed by atoms with Crippen molar-refractivity contribution in [2.75, 3.05) is 36.0 Å². The van der Waals surface area contributed by atoms with Crippen LogP contribution in [0.2, 0.25) is 0 Å². The molecular formula is C19H19N3O4. The van der Waals surface area contributed by atoms with Gasteiger partial charge in [0.15, 0.2) is 11.5 Å². The quantitative estimate of drug-likeness (QED) is 0.850. The third-order valence-corrected chi connectivity index (χ3v) is 4.48. The summed E-state index contributed by atoms with van der Waals surface area (Å²) in [6, 6.07) is 12.1. The lowest BCUT2D eigenvalue weighted by Crippen LogP contribution is -2.34. The molecule has 2 amide bonds. The van der Waals surface area contributed by atoms with E-state index in [4.69, 9.17) is 9.47 Å². The van der Waals surface area contributed by atoms with Crippen LogP contribution in [0.5, 0.6) is 11.5 Å². The molecule has 7 nitrogen and oxygen atoms in total. The topological polar surface area (TPSA) is 71.1 Å². The Morgan fingerprint density at radius 3 is 2.50 bits per heavy atom. The van der Waals surface area contributed by atoms with Crippen molar-refractivity contribution >= 4 is 28.9 Å². The maximum atomic E-state index is 12.7. The van der Waals surface area contributed by atoms with Gasteiger partial charge in [0.1, 0.15) is 6.04 Å². The van der Waals surface area contributed by atoms with Crippen LogP contribution >= 0.6 is 0 Å². The number of carbonyl (C=O) groups excluding carboxylic acids is 2. The van der Waals surface area contributed by atoms with E-state index in [1.54, 1.807) is 30.3 Å². The van der Waals surface area contributed by atoms with Crippen LogP contribution in [0.15, 0.2) is 42.5 Å². The zero-order chi connectivity index (χ0) is 18.3. The van der Waals surface area contributed by atoms with Crippen LogP contribution in [0, 0.1) is 0 Å². The lowest BCUT2D eigenvalue weighted by atomic mass is 10.2. The van der Waals surface area contributed by atoms with E-state index < -0.39 is 6.04 Å². The third kappa shape index (κ3) is 2.81. The zero-order valence-electron chi connectivity index (χ0n) is 14.6. The number of amides is 2. The molecule has 0 aromatic heterocycles. The second-order valence-electron chi connectivity index (χ2n) is 6.45. The molecule has 1 fully saturated rings. The van der Waals surface area contributed by atoms with Crippen molar-refractivity contribution < 1.29 is 19.1 Å². The fourth-order valence-electron chi connectivity index (χ4n) is 3.10. The molecule has 0 radical (unpaired) electrons. The molecule has 26 heavy (non-hydrogen) atoms. The fourth-order valence-corrected chi connectivity index (χ4v) is 3.10. The highest BCUT2D eigenvalue weighted by Crippen LogP contribution is 2.35. The molecule has 134 valence electrons. The minimum atomic E-state index is -0.601. The predicted octanol–water partition coefficient (Wildman–Crippen LogP) is 2.23. The summed E-state index contributed by atoms with van der Waals surface area (Å²) >= 11 is 0. The number of imide groups is 1. The van der Waals surface area contributed by atoms with Gasteiger partial charge in [0.2, 0.25) is 12.7 Å². The fraction of sp³-hybridized carbons (Fsp3) is 0.263. The molecular weight excluding hydrogens is 334 g/mol. The van der Waals surface area contributed by atoms with Gasteiger partial charge in [-0.1, -0.05) is 0 Å². The smallest absolute Gasteiger partial charge is 0.256 e. The van der Waals surface area contributed by atoms with Crippen LogP contribution in [0.25, 0.3) is 0 Å². The van der Waals surface area contributed by atoms with E-state index in [0.29, 0.717) is 22.9 Å². The van der Waals surface area contributed by atoms with Crippen LogP contribution in [0.1, 0.15) is 6.42 Å². The average molecular weight is 353 g/mol. The number of hydrogen-bond acceptors (Lipinski definition) is 6. The first-order valence-corrected chi connectivity index (χ1v) is 8.33. The largest absolute Gasteiger partial charge is 0.454 e. The summed E-state index contributed by atoms with van der Waals surface area (Å²) in [6.45, 7) is 0.191. The number of benzene rings is 2. The van der Waals surface area contributed by atoms with E-state index in [0.717, 1.165) is 5.69 Å². The number of anilines is 3. The van der Waals surface area contributed by atoms with Crippen LogP contribution in [0.4, 0.5) is 17.1 Å². The maximum Gasteiger partial charge on any atom is 0.256 e. The Morgan fingerprint density at radius 1 is 1.04 bits per heavy atom. The Balaban J connectivity index is 1.51. The Bertz CT molecular complexity index is 864. The minimum Gasteiger partial charge on any atom is -0.454 e. The number of rotatable bonds is 4. The summed E-state index contributed by atoms with van der Waals surface area (Å²) in [5, 5.41) is 3.12. The summed E-state index contributed by atoms with van der Waals surface area (Å²) in [6.07, 6.45) is 0.114. The van der Waals surface area contributed by atoms with Crippen LogP contribution in [0.3, 0.4) is 0 Å². The summed E-state index contributed by atoms with van der Waals surface area (Å²) in [7, 11) is 3.87.